The van der Waals surface area contributed by atoms with Crippen LogP contribution in [0.15, 0.2) is 66.7 Å². The van der Waals surface area contributed by atoms with E-state index in [0.717, 1.165) is 16.5 Å². The van der Waals surface area contributed by atoms with Crippen molar-refractivity contribution in [2.75, 3.05) is 16.3 Å². The molecule has 3 aromatic carbocycles. The lowest BCUT2D eigenvalue weighted by Gasteiger charge is -2.17. The van der Waals surface area contributed by atoms with Crippen LogP contribution in [-0.4, -0.2) is 35.2 Å². The van der Waals surface area contributed by atoms with Gasteiger partial charge in [0.1, 0.15) is 11.3 Å². The van der Waals surface area contributed by atoms with Gasteiger partial charge in [-0.2, -0.15) is 0 Å². The van der Waals surface area contributed by atoms with Crippen LogP contribution in [0, 0.1) is 23.0 Å². The Morgan fingerprint density at radius 1 is 0.972 bits per heavy atom. The van der Waals surface area contributed by atoms with Crippen LogP contribution >= 0.6 is 0 Å². The minimum Gasteiger partial charge on any atom is -0.426 e. The lowest BCUT2D eigenvalue weighted by molar-refractivity contribution is -0.385. The van der Waals surface area contributed by atoms with Gasteiger partial charge in [0.2, 0.25) is 5.91 Å². The van der Waals surface area contributed by atoms with Crippen LogP contribution in [-0.2, 0) is 9.59 Å². The van der Waals surface area contributed by atoms with Crippen LogP contribution in [0.4, 0.5) is 17.1 Å². The number of amides is 3. The van der Waals surface area contributed by atoms with Crippen molar-refractivity contribution in [3.05, 3.63) is 93.5 Å². The quantitative estimate of drug-likeness (QED) is 0.177. The summed E-state index contributed by atoms with van der Waals surface area (Å²) in [5.41, 5.74) is 1.04. The molecule has 3 amide bonds. The number of esters is 1. The van der Waals surface area contributed by atoms with E-state index in [-0.39, 0.29) is 41.4 Å². The van der Waals surface area contributed by atoms with Gasteiger partial charge in [0.15, 0.2) is 0 Å². The Bertz CT molecular complexity index is 1450. The van der Waals surface area contributed by atoms with Gasteiger partial charge in [0, 0.05) is 30.8 Å². The van der Waals surface area contributed by atoms with Crippen molar-refractivity contribution in [1.82, 2.24) is 0 Å². The number of benzene rings is 3. The highest BCUT2D eigenvalue weighted by Crippen LogP contribution is 2.35. The number of nitro groups is 1. The molecule has 180 valence electrons. The molecule has 10 heteroatoms. The minimum absolute atomic E-state index is 0.00548. The SMILES string of the molecule is Cc1ccc(N2C[C@H](C(=O)Oc3cccc(N4C(=O)c5cccc([N+](=O)[O-])c5C4=O)c3)CC2=O)cc1. The van der Waals surface area contributed by atoms with Gasteiger partial charge in [0.05, 0.1) is 22.1 Å². The van der Waals surface area contributed by atoms with Crippen molar-refractivity contribution < 1.29 is 28.8 Å². The average Bonchev–Trinajstić information content (AvgIpc) is 3.37. The molecule has 0 radical (unpaired) electrons. The molecule has 2 aliphatic rings. The fraction of sp³-hybridized carbons (Fsp3) is 0.154. The highest BCUT2D eigenvalue weighted by atomic mass is 16.6. The first-order chi connectivity index (χ1) is 17.2. The Kier molecular flexibility index (Phi) is 5.56. The van der Waals surface area contributed by atoms with E-state index in [1.54, 1.807) is 0 Å². The largest absolute Gasteiger partial charge is 0.426 e. The van der Waals surface area contributed by atoms with Gasteiger partial charge >= 0.3 is 5.97 Å². The third-order valence-electron chi connectivity index (χ3n) is 6.19. The number of ether oxygens (including phenoxy) is 1. The average molecular weight is 485 g/mol. The molecular formula is C26H19N3O7. The molecule has 1 saturated heterocycles. The van der Waals surface area contributed by atoms with Crippen LogP contribution < -0.4 is 14.5 Å². The van der Waals surface area contributed by atoms with Gasteiger partial charge in [-0.05, 0) is 37.3 Å². The highest BCUT2D eigenvalue weighted by molar-refractivity contribution is 6.35. The summed E-state index contributed by atoms with van der Waals surface area (Å²) >= 11 is 0. The van der Waals surface area contributed by atoms with Crippen molar-refractivity contribution in [3.63, 3.8) is 0 Å². The number of aryl methyl sites for hydroxylation is 1. The summed E-state index contributed by atoms with van der Waals surface area (Å²) in [5, 5.41) is 11.3. The summed E-state index contributed by atoms with van der Waals surface area (Å²) in [5.74, 6) is -2.97. The maximum atomic E-state index is 13.0. The fourth-order valence-electron chi connectivity index (χ4n) is 4.38. The smallest absolute Gasteiger partial charge is 0.316 e. The van der Waals surface area contributed by atoms with Crippen molar-refractivity contribution in [2.45, 2.75) is 13.3 Å². The second-order valence-electron chi connectivity index (χ2n) is 8.56. The molecule has 1 atom stereocenters. The van der Waals surface area contributed by atoms with Crippen molar-refractivity contribution in [2.24, 2.45) is 5.92 Å². The molecule has 5 rings (SSSR count). The lowest BCUT2D eigenvalue weighted by atomic mass is 10.1. The van der Waals surface area contributed by atoms with Crippen LogP contribution in [0.25, 0.3) is 0 Å². The summed E-state index contributed by atoms with van der Waals surface area (Å²) in [6.45, 7) is 2.11. The van der Waals surface area contributed by atoms with Crippen molar-refractivity contribution in [1.29, 1.82) is 0 Å². The molecule has 1 fully saturated rings. The normalized spacial score (nSPS) is 16.9. The number of rotatable bonds is 5. The van der Waals surface area contributed by atoms with Crippen LogP contribution in [0.3, 0.4) is 0 Å². The molecule has 36 heavy (non-hydrogen) atoms. The third-order valence-corrected chi connectivity index (χ3v) is 6.19. The molecule has 10 nitrogen and oxygen atoms in total. The maximum Gasteiger partial charge on any atom is 0.316 e. The number of fused-ring (bicyclic) bond motifs is 1. The fourth-order valence-corrected chi connectivity index (χ4v) is 4.38. The molecule has 2 aliphatic heterocycles. The van der Waals surface area contributed by atoms with E-state index in [0.29, 0.717) is 5.69 Å². The molecule has 0 bridgehead atoms. The monoisotopic (exact) mass is 485 g/mol. The zero-order valence-corrected chi connectivity index (χ0v) is 19.0. The Balaban J connectivity index is 1.34. The summed E-state index contributed by atoms with van der Waals surface area (Å²) < 4.78 is 5.48. The van der Waals surface area contributed by atoms with Gasteiger partial charge in [-0.3, -0.25) is 29.3 Å². The summed E-state index contributed by atoms with van der Waals surface area (Å²) in [7, 11) is 0. The van der Waals surface area contributed by atoms with E-state index in [4.69, 9.17) is 4.74 Å². The number of hydrogen-bond acceptors (Lipinski definition) is 7. The minimum atomic E-state index is -0.832. The molecule has 0 spiro atoms. The molecule has 0 saturated carbocycles. The highest BCUT2D eigenvalue weighted by Gasteiger charge is 2.42. The van der Waals surface area contributed by atoms with Gasteiger partial charge in [-0.1, -0.05) is 29.8 Å². The van der Waals surface area contributed by atoms with E-state index in [9.17, 15) is 29.3 Å². The standard InChI is InChI=1S/C26H19N3O7/c1-15-8-10-17(11-9-15)27-14-16(12-22(27)30)26(33)36-19-5-2-4-18(13-19)28-24(31)20-6-3-7-21(29(34)35)23(20)25(28)32/h2-11,13,16H,12,14H2,1H3/t16-/m1/s1. The molecule has 3 aromatic rings. The first-order valence-corrected chi connectivity index (χ1v) is 11.1. The van der Waals surface area contributed by atoms with E-state index in [1.807, 2.05) is 31.2 Å². The molecular weight excluding hydrogens is 466 g/mol. The second kappa shape index (κ2) is 8.73. The van der Waals surface area contributed by atoms with E-state index < -0.39 is 34.3 Å². The first-order valence-electron chi connectivity index (χ1n) is 11.1. The number of carbonyl (C=O) groups is 4. The first kappa shape index (κ1) is 22.9. The lowest BCUT2D eigenvalue weighted by Crippen LogP contribution is -2.29. The van der Waals surface area contributed by atoms with E-state index in [2.05, 4.69) is 0 Å². The van der Waals surface area contributed by atoms with Gasteiger partial charge in [-0.25, -0.2) is 4.90 Å². The van der Waals surface area contributed by atoms with Crippen LogP contribution in [0.1, 0.15) is 32.7 Å². The summed E-state index contributed by atoms with van der Waals surface area (Å²) in [6.07, 6.45) is -0.00548. The van der Waals surface area contributed by atoms with E-state index >= 15 is 0 Å². The zero-order valence-electron chi connectivity index (χ0n) is 19.0. The predicted molar refractivity (Wildman–Crippen MR) is 128 cm³/mol. The summed E-state index contributed by atoms with van der Waals surface area (Å²) in [4.78, 5) is 64.1. The molecule has 0 N–H and O–H groups in total. The zero-order chi connectivity index (χ0) is 25.6. The Labute approximate surface area is 204 Å². The van der Waals surface area contributed by atoms with Gasteiger partial charge < -0.3 is 9.64 Å². The third kappa shape index (κ3) is 3.88. The number of imide groups is 1. The Morgan fingerprint density at radius 3 is 2.42 bits per heavy atom. The maximum absolute atomic E-state index is 13.0. The Hall–Kier alpha value is -4.86. The van der Waals surface area contributed by atoms with Gasteiger partial charge in [0.25, 0.3) is 17.5 Å². The van der Waals surface area contributed by atoms with E-state index in [1.165, 1.54) is 41.3 Å². The van der Waals surface area contributed by atoms with Gasteiger partial charge in [-0.15, -0.1) is 0 Å². The van der Waals surface area contributed by atoms with Crippen molar-refractivity contribution in [3.8, 4) is 5.75 Å². The second-order valence-corrected chi connectivity index (χ2v) is 8.56. The molecule has 0 aromatic heterocycles. The van der Waals surface area contributed by atoms with Crippen molar-refractivity contribution >= 4 is 40.8 Å². The number of nitro benzene ring substituents is 1. The number of hydrogen-bond donors (Lipinski definition) is 0. The van der Waals surface area contributed by atoms with Crippen LogP contribution in [0.2, 0.25) is 0 Å². The summed E-state index contributed by atoms with van der Waals surface area (Å²) in [6, 6.07) is 17.0. The molecule has 0 aliphatic carbocycles. The van der Waals surface area contributed by atoms with Crippen LogP contribution in [0.5, 0.6) is 5.75 Å². The number of anilines is 2. The topological polar surface area (TPSA) is 127 Å². The molecule has 0 unspecified atom stereocenters. The number of nitrogens with zero attached hydrogens (tertiary/aromatic N) is 3. The number of carbonyl (C=O) groups excluding carboxylic acids is 4. The predicted octanol–water partition coefficient (Wildman–Crippen LogP) is 3.66. The Morgan fingerprint density at radius 2 is 1.69 bits per heavy atom. The molecule has 2 heterocycles.